The molecule has 2 heterocycles. The molecule has 0 saturated heterocycles. The molecule has 0 aliphatic heterocycles. The molecule has 116 valence electrons. The first-order valence-electron chi connectivity index (χ1n) is 6.50. The summed E-state index contributed by atoms with van der Waals surface area (Å²) in [6.07, 6.45) is 2.98. The van der Waals surface area contributed by atoms with E-state index in [0.717, 1.165) is 29.6 Å². The highest BCUT2D eigenvalue weighted by Crippen LogP contribution is 2.13. The molecule has 2 N–H and O–H groups in total. The van der Waals surface area contributed by atoms with Gasteiger partial charge in [0.05, 0.1) is 24.3 Å². The Kier molecular flexibility index (Phi) is 8.12. The van der Waals surface area contributed by atoms with Gasteiger partial charge in [0.1, 0.15) is 5.01 Å². The maximum Gasteiger partial charge on any atom is 0.191 e. The zero-order chi connectivity index (χ0) is 14.4. The van der Waals surface area contributed by atoms with E-state index in [4.69, 9.17) is 0 Å². The number of rotatable bonds is 5. The van der Waals surface area contributed by atoms with Crippen LogP contribution in [0.25, 0.3) is 0 Å². The Morgan fingerprint density at radius 2 is 2.05 bits per heavy atom. The highest BCUT2D eigenvalue weighted by Gasteiger charge is 2.05. The molecule has 0 unspecified atom stereocenters. The van der Waals surface area contributed by atoms with E-state index in [1.807, 2.05) is 18.6 Å². The number of hydrogen-bond acceptors (Lipinski definition) is 5. The Hall–Kier alpha value is -0.740. The molecule has 21 heavy (non-hydrogen) atoms. The van der Waals surface area contributed by atoms with Gasteiger partial charge < -0.3 is 10.6 Å². The van der Waals surface area contributed by atoms with Crippen LogP contribution in [0.3, 0.4) is 0 Å². The summed E-state index contributed by atoms with van der Waals surface area (Å²) in [4.78, 5) is 15.4. The molecule has 0 aromatic carbocycles. The van der Waals surface area contributed by atoms with Crippen LogP contribution in [-0.4, -0.2) is 23.0 Å². The molecular formula is C13H20IN5S2. The average Bonchev–Trinajstić information content (AvgIpc) is 3.08. The van der Waals surface area contributed by atoms with Crippen molar-refractivity contribution in [1.82, 2.24) is 20.6 Å². The maximum atomic E-state index is 4.38. The number of nitrogens with zero attached hydrogens (tertiary/aromatic N) is 3. The normalized spacial score (nSPS) is 11.1. The number of aliphatic imine (C=N–C) groups is 1. The summed E-state index contributed by atoms with van der Waals surface area (Å²) in [6, 6.07) is 0. The van der Waals surface area contributed by atoms with Crippen LogP contribution in [0.15, 0.2) is 16.7 Å². The largest absolute Gasteiger partial charge is 0.351 e. The minimum atomic E-state index is 0. The van der Waals surface area contributed by atoms with Crippen molar-refractivity contribution in [2.45, 2.75) is 33.4 Å². The number of guanidine groups is 1. The SMILES string of the molecule is CCc1cnc(CNC(=NC)NCc2scnc2C)s1.I. The molecule has 0 fully saturated rings. The Labute approximate surface area is 150 Å². The summed E-state index contributed by atoms with van der Waals surface area (Å²) in [5.74, 6) is 0.783. The molecule has 5 nitrogen and oxygen atoms in total. The number of halogens is 1. The average molecular weight is 437 g/mol. The van der Waals surface area contributed by atoms with Crippen LogP contribution in [0.5, 0.6) is 0 Å². The predicted molar refractivity (Wildman–Crippen MR) is 101 cm³/mol. The van der Waals surface area contributed by atoms with Crippen LogP contribution in [0.1, 0.15) is 27.4 Å². The number of nitrogens with one attached hydrogen (secondary N) is 2. The van der Waals surface area contributed by atoms with Crippen molar-refractivity contribution in [3.05, 3.63) is 32.2 Å². The highest BCUT2D eigenvalue weighted by molar-refractivity contribution is 14.0. The lowest BCUT2D eigenvalue weighted by Crippen LogP contribution is -2.36. The van der Waals surface area contributed by atoms with E-state index in [2.05, 4.69) is 32.5 Å². The fourth-order valence-electron chi connectivity index (χ4n) is 1.63. The minimum absolute atomic E-state index is 0. The van der Waals surface area contributed by atoms with Gasteiger partial charge in [-0.15, -0.1) is 46.7 Å². The van der Waals surface area contributed by atoms with E-state index in [1.54, 1.807) is 29.7 Å². The van der Waals surface area contributed by atoms with E-state index in [1.165, 1.54) is 9.75 Å². The fourth-order valence-corrected chi connectivity index (χ4v) is 3.15. The molecule has 2 aromatic heterocycles. The number of aromatic nitrogens is 2. The maximum absolute atomic E-state index is 4.38. The standard InChI is InChI=1S/C13H19N5S2.HI/c1-4-10-5-15-12(20-10)7-17-13(14-3)16-6-11-9(2)18-8-19-11;/h5,8H,4,6-7H2,1-3H3,(H2,14,16,17);1H. The Morgan fingerprint density at radius 3 is 2.62 bits per heavy atom. The summed E-state index contributed by atoms with van der Waals surface area (Å²) in [7, 11) is 1.77. The molecule has 0 spiro atoms. The van der Waals surface area contributed by atoms with Crippen molar-refractivity contribution >= 4 is 52.6 Å². The van der Waals surface area contributed by atoms with E-state index >= 15 is 0 Å². The molecular weight excluding hydrogens is 417 g/mol. The summed E-state index contributed by atoms with van der Waals surface area (Å²) in [5, 5.41) is 7.65. The van der Waals surface area contributed by atoms with Crippen molar-refractivity contribution in [3.8, 4) is 0 Å². The second-order valence-corrected chi connectivity index (χ2v) is 6.35. The van der Waals surface area contributed by atoms with E-state index in [9.17, 15) is 0 Å². The minimum Gasteiger partial charge on any atom is -0.351 e. The molecule has 0 aliphatic carbocycles. The summed E-state index contributed by atoms with van der Waals surface area (Å²) < 4.78 is 0. The lowest BCUT2D eigenvalue weighted by Gasteiger charge is -2.10. The van der Waals surface area contributed by atoms with Gasteiger partial charge in [0, 0.05) is 23.0 Å². The smallest absolute Gasteiger partial charge is 0.191 e. The second kappa shape index (κ2) is 9.31. The molecule has 8 heteroatoms. The monoisotopic (exact) mass is 437 g/mol. The van der Waals surface area contributed by atoms with Gasteiger partial charge in [-0.2, -0.15) is 0 Å². The van der Waals surface area contributed by atoms with Crippen LogP contribution in [0, 0.1) is 6.92 Å². The number of thiazole rings is 2. The van der Waals surface area contributed by atoms with Gasteiger partial charge in [-0.05, 0) is 13.3 Å². The quantitative estimate of drug-likeness (QED) is 0.429. The molecule has 0 atom stereocenters. The number of hydrogen-bond donors (Lipinski definition) is 2. The molecule has 0 bridgehead atoms. The van der Waals surface area contributed by atoms with Crippen LogP contribution in [0.4, 0.5) is 0 Å². The second-order valence-electron chi connectivity index (χ2n) is 4.21. The number of aryl methyl sites for hydroxylation is 2. The first-order chi connectivity index (χ1) is 9.72. The van der Waals surface area contributed by atoms with Crippen molar-refractivity contribution in [2.24, 2.45) is 4.99 Å². The molecule has 2 aromatic rings. The molecule has 0 amide bonds. The third kappa shape index (κ3) is 5.51. The van der Waals surface area contributed by atoms with Crippen molar-refractivity contribution < 1.29 is 0 Å². The van der Waals surface area contributed by atoms with E-state index in [-0.39, 0.29) is 24.0 Å². The molecule has 0 aliphatic rings. The lowest BCUT2D eigenvalue weighted by atomic mass is 10.4. The van der Waals surface area contributed by atoms with E-state index < -0.39 is 0 Å². The first kappa shape index (κ1) is 18.3. The summed E-state index contributed by atoms with van der Waals surface area (Å²) in [6.45, 7) is 5.61. The lowest BCUT2D eigenvalue weighted by molar-refractivity contribution is 0.807. The van der Waals surface area contributed by atoms with Gasteiger partial charge in [0.25, 0.3) is 0 Å². The van der Waals surface area contributed by atoms with Gasteiger partial charge in [-0.25, -0.2) is 9.97 Å². The van der Waals surface area contributed by atoms with Crippen molar-refractivity contribution in [2.75, 3.05) is 7.05 Å². The third-order valence-corrected chi connectivity index (χ3v) is 4.92. The van der Waals surface area contributed by atoms with Gasteiger partial charge >= 0.3 is 0 Å². The summed E-state index contributed by atoms with van der Waals surface area (Å²) >= 11 is 3.40. The summed E-state index contributed by atoms with van der Waals surface area (Å²) in [5.41, 5.74) is 2.94. The molecule has 0 saturated carbocycles. The van der Waals surface area contributed by atoms with Gasteiger partial charge in [-0.3, -0.25) is 4.99 Å². The Bertz CT molecular complexity index is 579. The van der Waals surface area contributed by atoms with E-state index in [0.29, 0.717) is 6.54 Å². The zero-order valence-corrected chi connectivity index (χ0v) is 16.3. The predicted octanol–water partition coefficient (Wildman–Crippen LogP) is 2.95. The Morgan fingerprint density at radius 1 is 1.29 bits per heavy atom. The fraction of sp³-hybridized carbons (Fsp3) is 0.462. The van der Waals surface area contributed by atoms with Crippen LogP contribution < -0.4 is 10.6 Å². The molecule has 2 rings (SSSR count). The first-order valence-corrected chi connectivity index (χ1v) is 8.19. The van der Waals surface area contributed by atoms with Crippen LogP contribution in [0.2, 0.25) is 0 Å². The van der Waals surface area contributed by atoms with Gasteiger partial charge in [-0.1, -0.05) is 6.92 Å². The topological polar surface area (TPSA) is 62.2 Å². The Balaban J connectivity index is 0.00000220. The highest BCUT2D eigenvalue weighted by atomic mass is 127. The van der Waals surface area contributed by atoms with Crippen LogP contribution in [-0.2, 0) is 19.5 Å². The molecule has 0 radical (unpaired) electrons. The van der Waals surface area contributed by atoms with Crippen LogP contribution >= 0.6 is 46.7 Å². The van der Waals surface area contributed by atoms with Gasteiger partial charge in [0.15, 0.2) is 5.96 Å². The van der Waals surface area contributed by atoms with Gasteiger partial charge in [0.2, 0.25) is 0 Å². The van der Waals surface area contributed by atoms with Crippen molar-refractivity contribution in [3.63, 3.8) is 0 Å². The third-order valence-electron chi connectivity index (χ3n) is 2.84. The zero-order valence-electron chi connectivity index (χ0n) is 12.3. The van der Waals surface area contributed by atoms with Crippen molar-refractivity contribution in [1.29, 1.82) is 0 Å².